The van der Waals surface area contributed by atoms with Crippen molar-refractivity contribution in [2.24, 2.45) is 0 Å². The summed E-state index contributed by atoms with van der Waals surface area (Å²) in [7, 11) is 0. The molecule has 1 aliphatic rings. The van der Waals surface area contributed by atoms with Crippen LogP contribution in [0.1, 0.15) is 61.9 Å². The van der Waals surface area contributed by atoms with E-state index in [2.05, 4.69) is 41.5 Å². The third-order valence-electron chi connectivity index (χ3n) is 5.18. The number of aryl methyl sites for hydroxylation is 1. The van der Waals surface area contributed by atoms with E-state index in [-0.39, 0.29) is 12.1 Å². The standard InChI is InChI=1S/C23H28N2O/c1-16(2)18-11-7-12-19(15-18)23(3,4)25-22(26)24-21-14-8-10-17-9-5-6-13-20(17)21/h5-7,9,11-13,15,21H,1,8,10,14H2,2-4H3,(H2,24,25,26)/t21-/m0/s1. The Labute approximate surface area is 156 Å². The van der Waals surface area contributed by atoms with Gasteiger partial charge in [-0.3, -0.25) is 0 Å². The number of fused-ring (bicyclic) bond motifs is 1. The second-order valence-electron chi connectivity index (χ2n) is 7.73. The number of amides is 2. The lowest BCUT2D eigenvalue weighted by molar-refractivity contribution is 0.224. The summed E-state index contributed by atoms with van der Waals surface area (Å²) in [6, 6.07) is 16.5. The van der Waals surface area contributed by atoms with Crippen LogP contribution in [-0.4, -0.2) is 6.03 Å². The van der Waals surface area contributed by atoms with E-state index in [0.29, 0.717) is 0 Å². The maximum atomic E-state index is 12.7. The molecule has 3 nitrogen and oxygen atoms in total. The van der Waals surface area contributed by atoms with Crippen LogP contribution in [0.4, 0.5) is 4.79 Å². The second-order valence-corrected chi connectivity index (χ2v) is 7.73. The number of urea groups is 1. The molecule has 2 N–H and O–H groups in total. The molecule has 2 amide bonds. The predicted molar refractivity (Wildman–Crippen MR) is 108 cm³/mol. The minimum absolute atomic E-state index is 0.0810. The van der Waals surface area contributed by atoms with Crippen LogP contribution in [0, 0.1) is 0 Å². The Morgan fingerprint density at radius 2 is 1.92 bits per heavy atom. The van der Waals surface area contributed by atoms with Crippen LogP contribution in [0.25, 0.3) is 5.57 Å². The molecule has 0 fully saturated rings. The van der Waals surface area contributed by atoms with Gasteiger partial charge in [0.1, 0.15) is 0 Å². The number of nitrogens with one attached hydrogen (secondary N) is 2. The lowest BCUT2D eigenvalue weighted by Crippen LogP contribution is -2.47. The van der Waals surface area contributed by atoms with Crippen LogP contribution >= 0.6 is 0 Å². The topological polar surface area (TPSA) is 41.1 Å². The van der Waals surface area contributed by atoms with Crippen LogP contribution in [0.15, 0.2) is 55.1 Å². The van der Waals surface area contributed by atoms with E-state index in [1.165, 1.54) is 11.1 Å². The molecular formula is C23H28N2O. The van der Waals surface area contributed by atoms with Crippen molar-refractivity contribution in [1.82, 2.24) is 10.6 Å². The van der Waals surface area contributed by atoms with Crippen molar-refractivity contribution in [2.75, 3.05) is 0 Å². The summed E-state index contributed by atoms with van der Waals surface area (Å²) in [5.74, 6) is 0. The minimum atomic E-state index is -0.469. The van der Waals surface area contributed by atoms with Gasteiger partial charge >= 0.3 is 6.03 Å². The molecule has 26 heavy (non-hydrogen) atoms. The fraction of sp³-hybridized carbons (Fsp3) is 0.348. The molecule has 136 valence electrons. The van der Waals surface area contributed by atoms with Crippen LogP contribution in [-0.2, 0) is 12.0 Å². The van der Waals surface area contributed by atoms with Gasteiger partial charge in [0, 0.05) is 0 Å². The third kappa shape index (κ3) is 3.98. The molecule has 0 saturated heterocycles. The van der Waals surface area contributed by atoms with Gasteiger partial charge in [-0.15, -0.1) is 0 Å². The van der Waals surface area contributed by atoms with Crippen molar-refractivity contribution in [3.63, 3.8) is 0 Å². The van der Waals surface area contributed by atoms with Gasteiger partial charge in [0.2, 0.25) is 0 Å². The molecule has 3 heteroatoms. The van der Waals surface area contributed by atoms with E-state index < -0.39 is 5.54 Å². The average molecular weight is 348 g/mol. The van der Waals surface area contributed by atoms with Gasteiger partial charge in [0.05, 0.1) is 11.6 Å². The Kier molecular flexibility index (Phi) is 5.17. The van der Waals surface area contributed by atoms with Crippen molar-refractivity contribution >= 4 is 11.6 Å². The summed E-state index contributed by atoms with van der Waals surface area (Å²) in [4.78, 5) is 12.7. The molecule has 0 spiro atoms. The number of benzene rings is 2. The highest BCUT2D eigenvalue weighted by molar-refractivity contribution is 5.76. The van der Waals surface area contributed by atoms with E-state index in [1.54, 1.807) is 0 Å². The quantitative estimate of drug-likeness (QED) is 0.770. The first-order chi connectivity index (χ1) is 12.4. The Morgan fingerprint density at radius 3 is 2.69 bits per heavy atom. The second kappa shape index (κ2) is 7.36. The average Bonchev–Trinajstić information content (AvgIpc) is 2.61. The molecule has 0 radical (unpaired) electrons. The van der Waals surface area contributed by atoms with Crippen LogP contribution in [0.3, 0.4) is 0 Å². The molecular weight excluding hydrogens is 320 g/mol. The molecule has 1 aliphatic carbocycles. The monoisotopic (exact) mass is 348 g/mol. The maximum absolute atomic E-state index is 12.7. The van der Waals surface area contributed by atoms with Crippen molar-refractivity contribution in [3.8, 4) is 0 Å². The zero-order valence-corrected chi connectivity index (χ0v) is 15.9. The summed E-state index contributed by atoms with van der Waals surface area (Å²) in [6.45, 7) is 10.1. The number of allylic oxidation sites excluding steroid dienone is 1. The number of rotatable bonds is 4. The minimum Gasteiger partial charge on any atom is -0.331 e. The van der Waals surface area contributed by atoms with E-state index in [0.717, 1.165) is 36.0 Å². The van der Waals surface area contributed by atoms with Crippen molar-refractivity contribution < 1.29 is 4.79 Å². The first-order valence-corrected chi connectivity index (χ1v) is 9.30. The van der Waals surface area contributed by atoms with E-state index in [1.807, 2.05) is 45.0 Å². The Balaban J connectivity index is 1.72. The SMILES string of the molecule is C=C(C)c1cccc(C(C)(C)NC(=O)N[C@H]2CCCc3ccccc32)c1. The smallest absolute Gasteiger partial charge is 0.315 e. The molecule has 1 atom stereocenters. The highest BCUT2D eigenvalue weighted by atomic mass is 16.2. The summed E-state index contributed by atoms with van der Waals surface area (Å²) in [5.41, 5.74) is 5.31. The summed E-state index contributed by atoms with van der Waals surface area (Å²) >= 11 is 0. The highest BCUT2D eigenvalue weighted by Crippen LogP contribution is 2.30. The van der Waals surface area contributed by atoms with Gasteiger partial charge in [-0.2, -0.15) is 0 Å². The van der Waals surface area contributed by atoms with Crippen LogP contribution < -0.4 is 10.6 Å². The lowest BCUT2D eigenvalue weighted by Gasteiger charge is -2.31. The molecule has 2 aromatic carbocycles. The first-order valence-electron chi connectivity index (χ1n) is 9.30. The van der Waals surface area contributed by atoms with Crippen molar-refractivity contribution in [2.45, 2.75) is 51.6 Å². The number of carbonyl (C=O) groups is 1. The third-order valence-corrected chi connectivity index (χ3v) is 5.18. The number of hydrogen-bond donors (Lipinski definition) is 2. The fourth-order valence-electron chi connectivity index (χ4n) is 3.63. The first kappa shape index (κ1) is 18.2. The Bertz CT molecular complexity index is 822. The highest BCUT2D eigenvalue weighted by Gasteiger charge is 2.26. The Morgan fingerprint density at radius 1 is 1.15 bits per heavy atom. The summed E-state index contributed by atoms with van der Waals surface area (Å²) in [6.07, 6.45) is 3.18. The molecule has 0 aliphatic heterocycles. The summed E-state index contributed by atoms with van der Waals surface area (Å²) < 4.78 is 0. The molecule has 0 aromatic heterocycles. The predicted octanol–water partition coefficient (Wildman–Crippen LogP) is 5.33. The zero-order chi connectivity index (χ0) is 18.7. The van der Waals surface area contributed by atoms with Gasteiger partial charge in [0.15, 0.2) is 0 Å². The molecule has 0 unspecified atom stereocenters. The van der Waals surface area contributed by atoms with Gasteiger partial charge in [-0.25, -0.2) is 4.79 Å². The Hall–Kier alpha value is -2.55. The molecule has 0 bridgehead atoms. The van der Waals surface area contributed by atoms with Crippen molar-refractivity contribution in [3.05, 3.63) is 77.4 Å². The van der Waals surface area contributed by atoms with Crippen LogP contribution in [0.5, 0.6) is 0 Å². The van der Waals surface area contributed by atoms with E-state index in [4.69, 9.17) is 0 Å². The summed E-state index contributed by atoms with van der Waals surface area (Å²) in [5, 5.41) is 6.31. The number of carbonyl (C=O) groups excluding carboxylic acids is 1. The van der Waals surface area contributed by atoms with Crippen molar-refractivity contribution in [1.29, 1.82) is 0 Å². The largest absolute Gasteiger partial charge is 0.331 e. The van der Waals surface area contributed by atoms with Gasteiger partial charge in [-0.05, 0) is 68.4 Å². The lowest BCUT2D eigenvalue weighted by atomic mass is 9.88. The van der Waals surface area contributed by atoms with Crippen LogP contribution in [0.2, 0.25) is 0 Å². The molecule has 0 heterocycles. The molecule has 0 saturated carbocycles. The van der Waals surface area contributed by atoms with Gasteiger partial charge < -0.3 is 10.6 Å². The van der Waals surface area contributed by atoms with E-state index >= 15 is 0 Å². The van der Waals surface area contributed by atoms with E-state index in [9.17, 15) is 4.79 Å². The molecule has 3 rings (SSSR count). The fourth-order valence-corrected chi connectivity index (χ4v) is 3.63. The van der Waals surface area contributed by atoms with Gasteiger partial charge in [0.25, 0.3) is 0 Å². The normalized spacial score (nSPS) is 16.5. The maximum Gasteiger partial charge on any atom is 0.315 e. The van der Waals surface area contributed by atoms with Gasteiger partial charge in [-0.1, -0.05) is 54.6 Å². The zero-order valence-electron chi connectivity index (χ0n) is 15.9. The molecule has 2 aromatic rings. The number of hydrogen-bond acceptors (Lipinski definition) is 1.